The number of carbonyl (C=O) groups is 4. The Balaban J connectivity index is 0.995. The van der Waals surface area contributed by atoms with E-state index in [1.165, 1.54) is 12.0 Å². The van der Waals surface area contributed by atoms with Crippen LogP contribution in [0.2, 0.25) is 0 Å². The number of methoxy groups -OCH3 is 2. The molecule has 16 nitrogen and oxygen atoms in total. The first kappa shape index (κ1) is 50.5. The lowest BCUT2D eigenvalue weighted by atomic mass is 9.71. The minimum Gasteiger partial charge on any atom is -0.493 e. The molecule has 0 saturated carbocycles. The van der Waals surface area contributed by atoms with Crippen LogP contribution < -0.4 is 29.1 Å². The molecule has 4 aliphatic rings. The summed E-state index contributed by atoms with van der Waals surface area (Å²) in [4.78, 5) is 63.3. The Hall–Kier alpha value is -6.33. The van der Waals surface area contributed by atoms with Crippen molar-refractivity contribution in [3.05, 3.63) is 89.5 Å². The van der Waals surface area contributed by atoms with Gasteiger partial charge in [0.15, 0.2) is 29.2 Å². The van der Waals surface area contributed by atoms with Crippen molar-refractivity contribution >= 4 is 54.3 Å². The Kier molecular flexibility index (Phi) is 14.9. The van der Waals surface area contributed by atoms with Crippen LogP contribution in [0.5, 0.6) is 23.0 Å². The fraction of sp³-hybridized carbons (Fsp3) is 0.481. The third-order valence-electron chi connectivity index (χ3n) is 13.6. The van der Waals surface area contributed by atoms with E-state index in [2.05, 4.69) is 51.1 Å². The van der Waals surface area contributed by atoms with E-state index in [0.717, 1.165) is 28.9 Å². The Morgan fingerprint density at radius 2 is 1.43 bits per heavy atom. The Labute approximate surface area is 405 Å². The second-order valence-corrected chi connectivity index (χ2v) is 20.8. The Bertz CT molecular complexity index is 2520. The van der Waals surface area contributed by atoms with Gasteiger partial charge in [0.2, 0.25) is 0 Å². The van der Waals surface area contributed by atoms with Gasteiger partial charge in [-0.15, -0.1) is 0 Å². The molecule has 2 saturated heterocycles. The number of carbonyl (C=O) groups excluding carboxylic acids is 4. The molecule has 2 fully saturated rings. The van der Waals surface area contributed by atoms with Crippen LogP contribution in [0.25, 0.3) is 0 Å². The van der Waals surface area contributed by atoms with Crippen molar-refractivity contribution < 1.29 is 53.1 Å². The fourth-order valence-electron chi connectivity index (χ4n) is 8.82. The molecule has 3 atom stereocenters. The zero-order valence-electron chi connectivity index (χ0n) is 41.2. The number of benzene rings is 3. The lowest BCUT2D eigenvalue weighted by Crippen LogP contribution is -2.50. The number of anilines is 2. The van der Waals surface area contributed by atoms with Crippen molar-refractivity contribution in [1.29, 1.82) is 0 Å². The molecule has 4 heterocycles. The van der Waals surface area contributed by atoms with E-state index in [9.17, 15) is 29.4 Å². The van der Waals surface area contributed by atoms with Gasteiger partial charge in [0.1, 0.15) is 12.3 Å². The van der Waals surface area contributed by atoms with Gasteiger partial charge < -0.3 is 53.7 Å². The molecule has 3 aromatic rings. The van der Waals surface area contributed by atoms with Crippen molar-refractivity contribution in [2.75, 3.05) is 57.3 Å². The lowest BCUT2D eigenvalue weighted by molar-refractivity contribution is -0.121. The summed E-state index contributed by atoms with van der Waals surface area (Å²) in [6.45, 7) is 21.1. The molecular formula is C52H66BN5O11. The van der Waals surface area contributed by atoms with Gasteiger partial charge in [-0.3, -0.25) is 14.6 Å². The smallest absolute Gasteiger partial charge is 0.416 e. The van der Waals surface area contributed by atoms with Gasteiger partial charge >= 0.3 is 13.5 Å². The van der Waals surface area contributed by atoms with Crippen LogP contribution in [0, 0.1) is 16.2 Å². The average molecular weight is 948 g/mol. The Morgan fingerprint density at radius 1 is 0.812 bits per heavy atom. The van der Waals surface area contributed by atoms with Gasteiger partial charge in [-0.25, -0.2) is 9.69 Å². The summed E-state index contributed by atoms with van der Waals surface area (Å²) in [6.07, 6.45) is 2.78. The highest BCUT2D eigenvalue weighted by Gasteiger charge is 2.46. The van der Waals surface area contributed by atoms with E-state index in [-0.39, 0.29) is 79.4 Å². The molecule has 69 heavy (non-hydrogen) atoms. The van der Waals surface area contributed by atoms with Gasteiger partial charge in [-0.2, -0.15) is 0 Å². The minimum atomic E-state index is -1.46. The molecule has 368 valence electrons. The molecule has 4 aliphatic heterocycles. The molecule has 0 bridgehead atoms. The first-order valence-corrected chi connectivity index (χ1v) is 23.4. The number of nitrogens with zero attached hydrogens (tertiary/aromatic N) is 4. The summed E-state index contributed by atoms with van der Waals surface area (Å²) < 4.78 is 30.0. The van der Waals surface area contributed by atoms with E-state index in [1.807, 2.05) is 6.21 Å². The third-order valence-corrected chi connectivity index (χ3v) is 13.6. The molecule has 0 aliphatic carbocycles. The molecule has 7 rings (SSSR count). The third kappa shape index (κ3) is 11.3. The largest absolute Gasteiger partial charge is 0.493 e. The second kappa shape index (κ2) is 20.3. The predicted octanol–water partition coefficient (Wildman–Crippen LogP) is 7.43. The van der Waals surface area contributed by atoms with Crippen LogP contribution in [0.1, 0.15) is 99.9 Å². The number of hydrogen-bond donors (Lipinski definition) is 3. The number of aliphatic hydroxyl groups excluding tert-OH is 2. The quantitative estimate of drug-likeness (QED) is 0.0798. The van der Waals surface area contributed by atoms with E-state index in [1.54, 1.807) is 74.4 Å². The zero-order valence-corrected chi connectivity index (χ0v) is 41.2. The Morgan fingerprint density at radius 3 is 2.12 bits per heavy atom. The molecular weight excluding hydrogens is 881 g/mol. The van der Waals surface area contributed by atoms with Crippen LogP contribution in [-0.2, 0) is 16.1 Å². The van der Waals surface area contributed by atoms with Crippen molar-refractivity contribution in [2.24, 2.45) is 21.2 Å². The van der Waals surface area contributed by atoms with Gasteiger partial charge in [-0.1, -0.05) is 78.0 Å². The molecule has 0 radical (unpaired) electrons. The summed E-state index contributed by atoms with van der Waals surface area (Å²) in [5.41, 5.74) is 2.93. The van der Waals surface area contributed by atoms with Crippen LogP contribution in [0.3, 0.4) is 0 Å². The van der Waals surface area contributed by atoms with Crippen molar-refractivity contribution in [3.63, 3.8) is 0 Å². The number of ether oxygens (including phenoxy) is 5. The maximum absolute atomic E-state index is 14.1. The molecule has 3 aromatic carbocycles. The van der Waals surface area contributed by atoms with E-state index in [4.69, 9.17) is 23.7 Å². The van der Waals surface area contributed by atoms with Gasteiger partial charge in [0.05, 0.1) is 68.6 Å². The maximum atomic E-state index is 14.1. The number of aliphatic hydroxyl groups is 2. The summed E-state index contributed by atoms with van der Waals surface area (Å²) in [5, 5.41) is 24.5. The van der Waals surface area contributed by atoms with Gasteiger partial charge in [0, 0.05) is 42.5 Å². The summed E-state index contributed by atoms with van der Waals surface area (Å²) in [6, 6.07) is 12.7. The first-order chi connectivity index (χ1) is 32.6. The standard InChI is InChI=1S/C52H66BN5O11/c1-31-19-35-25-54-38-23-43(41(65-9)21-36(38)45(60)56(35)26-31)69-30-51(5,6)16-15-50(3,4)17-18-67-44-24-39-37(22-42(44)66-10)46(61)57-27-32(2)20-40(57)47(62)58(39)49(64)68-28-33-11-13-34(14-12-33)55-53-48(63)52(7,8)29-59/h11-14,21-25,35,40,47,53,55,59,62H,1-2,15-20,26-30H2,3-10H3/t35-,40-,47-/m0/s1. The number of fused-ring (bicyclic) bond motifs is 4. The number of aliphatic imine (C=N–C) groups is 1. The maximum Gasteiger partial charge on any atom is 0.416 e. The topological polar surface area (TPSA) is 189 Å². The lowest BCUT2D eigenvalue weighted by Gasteiger charge is -2.32. The minimum absolute atomic E-state index is 0.0364. The second-order valence-electron chi connectivity index (χ2n) is 20.8. The highest BCUT2D eigenvalue weighted by atomic mass is 16.6. The monoisotopic (exact) mass is 947 g/mol. The molecule has 0 unspecified atom stereocenters. The highest BCUT2D eigenvalue weighted by molar-refractivity contribution is 6.77. The number of rotatable bonds is 19. The van der Waals surface area contributed by atoms with E-state index in [0.29, 0.717) is 77.9 Å². The number of amides is 3. The molecule has 0 aromatic heterocycles. The molecule has 17 heteroatoms. The van der Waals surface area contributed by atoms with Crippen LogP contribution in [0.4, 0.5) is 21.9 Å². The number of hydrogen-bond acceptors (Lipinski definition) is 13. The van der Waals surface area contributed by atoms with Crippen molar-refractivity contribution in [1.82, 2.24) is 9.80 Å². The van der Waals surface area contributed by atoms with Crippen LogP contribution in [-0.4, -0.2) is 123 Å². The first-order valence-electron chi connectivity index (χ1n) is 23.4. The fourth-order valence-corrected chi connectivity index (χ4v) is 8.82. The molecule has 3 N–H and O–H groups in total. The van der Waals surface area contributed by atoms with E-state index < -0.39 is 23.8 Å². The SMILES string of the molecule is C=C1C[C@H]2C=Nc3cc(OCC(C)(C)CCC(C)(C)CCOc4cc5c(cc4OC)C(=O)N4CC(=C)C[C@H]4[C@H](O)N5C(=O)OCc4ccc(NBC(=O)C(C)(C)CO)cc4)c(OC)cc3C(=O)N2C1. The van der Waals surface area contributed by atoms with E-state index >= 15 is 0 Å². The normalized spacial score (nSPS) is 19.0. The van der Waals surface area contributed by atoms with Crippen LogP contribution >= 0.6 is 0 Å². The summed E-state index contributed by atoms with van der Waals surface area (Å²) >= 11 is 0. The van der Waals surface area contributed by atoms with Gasteiger partial charge in [-0.05, 0) is 72.8 Å². The predicted molar refractivity (Wildman–Crippen MR) is 265 cm³/mol. The van der Waals surface area contributed by atoms with Crippen LogP contribution in [0.15, 0.2) is 77.8 Å². The molecule has 0 spiro atoms. The summed E-state index contributed by atoms with van der Waals surface area (Å²) in [5.74, 6) is 1.08. The highest BCUT2D eigenvalue weighted by Crippen LogP contribution is 2.44. The molecule has 3 amide bonds. The van der Waals surface area contributed by atoms with Crippen molar-refractivity contribution in [2.45, 2.75) is 98.6 Å². The van der Waals surface area contributed by atoms with Crippen molar-refractivity contribution in [3.8, 4) is 23.0 Å². The average Bonchev–Trinajstić information content (AvgIpc) is 3.86. The number of nitrogens with one attached hydrogen (secondary N) is 1. The summed E-state index contributed by atoms with van der Waals surface area (Å²) in [7, 11) is 3.07. The zero-order chi connectivity index (χ0) is 50.0. The van der Waals surface area contributed by atoms with Gasteiger partial charge in [0.25, 0.3) is 11.8 Å².